The van der Waals surface area contributed by atoms with Gasteiger partial charge in [-0.25, -0.2) is 9.97 Å². The van der Waals surface area contributed by atoms with Gasteiger partial charge in [-0.15, -0.1) is 198 Å². The third-order valence-corrected chi connectivity index (χ3v) is 31.9. The fraction of sp³-hybridized carbons (Fsp3) is 0.135. The van der Waals surface area contributed by atoms with Crippen molar-refractivity contribution in [1.29, 1.82) is 0 Å². The Balaban J connectivity index is 0.000000152. The predicted octanol–water partition coefficient (Wildman–Crippen LogP) is 29.9. The molecule has 0 bridgehead atoms. The van der Waals surface area contributed by atoms with E-state index in [-0.39, 0.29) is 103 Å². The molecule has 0 saturated carbocycles. The molecule has 0 amide bonds. The van der Waals surface area contributed by atoms with Crippen molar-refractivity contribution < 1.29 is 115 Å². The summed E-state index contributed by atoms with van der Waals surface area (Å²) in [6.45, 7) is 21.5. The number of pyridine rings is 11. The van der Waals surface area contributed by atoms with Crippen LogP contribution in [0.25, 0.3) is 178 Å². The van der Waals surface area contributed by atoms with Gasteiger partial charge in [0.05, 0.1) is 54.6 Å². The Morgan fingerprint density at radius 2 is 0.537 bits per heavy atom. The maximum absolute atomic E-state index is 7.23. The molecule has 754 valence electrons. The van der Waals surface area contributed by atoms with Crippen LogP contribution in [-0.4, -0.2) is 87.1 Å². The second kappa shape index (κ2) is 51.0. The first kappa shape index (κ1) is 96.2. The smallest absolute Gasteiger partial charge is 0.216 e. The number of rotatable bonds is 12. The van der Waals surface area contributed by atoms with Gasteiger partial charge in [-0.3, -0.25) is 0 Å². The van der Waals surface area contributed by atoms with Gasteiger partial charge in [0.2, 0.25) is 11.4 Å². The third kappa shape index (κ3) is 28.3. The standard InChI is InChI=1S/C20H19N2OSi.C20H18NOSi.2C19H17N2OSi.4C12H10N.4Ir/c1-13-8-10-16-15-6-5-7-17(19(15)23-20(16)22-13)18-11-9-14(12-21-18)24(2,3)4;1-23(2,3)14-11-12-18(21-13-14)17-9-6-8-16-15-7-4-5-10-19(15)22-20(16)17;1-23(2,3)13-9-10-17(21-12-13)16-7-4-6-14-15-8-5-11-20-19(15)22-18(14)16;1-23(2,3)13-8-9-17(21-10-13)16-12-20-11-15-14-6-4-5-7-18(14)22-19(15)16;4*1-10-7-8-12(13-9-10)11-5-3-2-4-6-11;;;;/h5-6,8-12H,1-4H3;4-8,10-13H,1-3H3;4-6,8-12H,1-3H3;4-11H,1-3H3;4*2-5,7-9H,1H3;;;;/q8*-1;;;;/i;;;;4*1D3;;;;. The van der Waals surface area contributed by atoms with Gasteiger partial charge in [-0.05, 0) is 177 Å². The summed E-state index contributed by atoms with van der Waals surface area (Å²) in [6.07, 6.45) is 20.2. The zero-order chi connectivity index (χ0) is 111. The number of aromatic nitrogens is 11. The summed E-state index contributed by atoms with van der Waals surface area (Å²) in [6, 6.07) is 118. The van der Waals surface area contributed by atoms with Gasteiger partial charge < -0.3 is 62.5 Å². The molecule has 0 saturated heterocycles. The number of para-hydroxylation sites is 2. The van der Waals surface area contributed by atoms with Crippen molar-refractivity contribution in [3.8, 4) is 90.1 Å². The Kier molecular flexibility index (Phi) is 32.9. The van der Waals surface area contributed by atoms with E-state index < -0.39 is 59.7 Å². The van der Waals surface area contributed by atoms with Gasteiger partial charge in [0.1, 0.15) is 11.2 Å². The average Bonchev–Trinajstić information content (AvgIpc) is 1.62. The number of aryl methyl sites for hydroxylation is 5. The SMILES string of the molecule is C[Si](C)(C)c1ccc(-c2[c-]ccc3c2oc2ccccc23)nc1.C[Si](C)(C)c1ccc(-c2[c-]ccc3c2oc2ncccc23)nc1.C[Si](C)(C)c1ccc(-c2[c-]ncc3c2oc2ccccc23)nc1.Cc1ccc2c(n1)oc1c(-c3ccc([Si](C)(C)C)cn3)[c-]ccc12.[2H]C([2H])([2H])c1ccc(-c2[c-]cccc2)nc1.[2H]C([2H])([2H])c1ccc(-c2[c-]cccc2)nc1.[2H]C([2H])([2H])c1ccc(-c2[c-]cccc2)nc1.[2H]C([2H])([2H])c1ccc(-c2[c-]cccc2)nc1.[Ir].[Ir].[Ir].[Ir]. The number of fused-ring (bicyclic) bond motifs is 12. The molecule has 0 spiro atoms. The molecular formula is C126H111Ir4N11O4Si4-8. The monoisotopic (exact) mass is 2740 g/mol. The van der Waals surface area contributed by atoms with Crippen LogP contribution in [0.15, 0.2) is 383 Å². The van der Waals surface area contributed by atoms with Crippen LogP contribution in [0.3, 0.4) is 0 Å². The summed E-state index contributed by atoms with van der Waals surface area (Å²) >= 11 is 0. The maximum atomic E-state index is 7.23. The molecule has 0 unspecified atom stereocenters. The zero-order valence-corrected chi connectivity index (χ0v) is 97.6. The number of nitrogens with zero attached hydrogens (tertiary/aromatic N) is 11. The first-order valence-corrected chi connectivity index (χ1v) is 61.3. The molecule has 23 heteroatoms. The number of hydrogen-bond donors (Lipinski definition) is 0. The van der Waals surface area contributed by atoms with Crippen molar-refractivity contribution in [2.45, 2.75) is 113 Å². The van der Waals surface area contributed by atoms with Gasteiger partial charge in [0.25, 0.3) is 0 Å². The molecule has 24 rings (SSSR count). The Morgan fingerprint density at radius 3 is 0.866 bits per heavy atom. The molecule has 0 N–H and O–H groups in total. The third-order valence-electron chi connectivity index (χ3n) is 23.8. The van der Waals surface area contributed by atoms with Crippen LogP contribution in [0, 0.1) is 83.0 Å². The van der Waals surface area contributed by atoms with Crippen LogP contribution >= 0.6 is 0 Å². The van der Waals surface area contributed by atoms with Gasteiger partial charge in [0, 0.05) is 180 Å². The molecule has 0 aliphatic rings. The number of benzene rings is 9. The van der Waals surface area contributed by atoms with Crippen molar-refractivity contribution in [2.24, 2.45) is 0 Å². The van der Waals surface area contributed by atoms with E-state index >= 15 is 0 Å². The molecule has 0 fully saturated rings. The number of hydrogen-bond acceptors (Lipinski definition) is 15. The van der Waals surface area contributed by atoms with Gasteiger partial charge in [-0.2, -0.15) is 0 Å². The summed E-state index contributed by atoms with van der Waals surface area (Å²) in [5.41, 5.74) is 21.8. The normalized spacial score (nSPS) is 12.6. The quantitative estimate of drug-likeness (QED) is 0.0827. The van der Waals surface area contributed by atoms with Crippen LogP contribution in [0.5, 0.6) is 0 Å². The first-order valence-electron chi connectivity index (χ1n) is 53.3. The van der Waals surface area contributed by atoms with E-state index in [1.165, 1.54) is 45.5 Å². The van der Waals surface area contributed by atoms with E-state index in [9.17, 15) is 0 Å². The molecule has 9 aromatic carbocycles. The fourth-order valence-electron chi connectivity index (χ4n) is 15.7. The first-order chi connectivity index (χ1) is 74.8. The summed E-state index contributed by atoms with van der Waals surface area (Å²) in [7, 11) is -5.38. The topological polar surface area (TPSA) is 194 Å². The van der Waals surface area contributed by atoms with E-state index in [0.29, 0.717) is 11.4 Å². The molecule has 0 atom stereocenters. The van der Waals surface area contributed by atoms with E-state index in [0.717, 1.165) is 172 Å². The summed E-state index contributed by atoms with van der Waals surface area (Å²) in [4.78, 5) is 48.2. The van der Waals surface area contributed by atoms with Gasteiger partial charge >= 0.3 is 0 Å². The molecule has 0 aliphatic carbocycles. The summed E-state index contributed by atoms with van der Waals surface area (Å²) in [5, 5.41) is 13.9. The predicted molar refractivity (Wildman–Crippen MR) is 606 cm³/mol. The fourth-order valence-corrected chi connectivity index (χ4v) is 19.8. The Labute approximate surface area is 947 Å². The molecule has 0 aliphatic heterocycles. The van der Waals surface area contributed by atoms with Crippen LogP contribution in [-0.2, 0) is 80.4 Å². The Hall–Kier alpha value is -13.7. The van der Waals surface area contributed by atoms with Crippen LogP contribution < -0.4 is 20.7 Å². The summed E-state index contributed by atoms with van der Waals surface area (Å²) in [5.74, 6) is 0. The van der Waals surface area contributed by atoms with Crippen molar-refractivity contribution >= 4 is 141 Å². The number of furan rings is 4. The Morgan fingerprint density at radius 1 is 0.235 bits per heavy atom. The van der Waals surface area contributed by atoms with Crippen molar-refractivity contribution in [3.63, 3.8) is 0 Å². The van der Waals surface area contributed by atoms with Crippen molar-refractivity contribution in [2.75, 3.05) is 0 Å². The minimum Gasteiger partial charge on any atom is -0.501 e. The minimum atomic E-state index is -2.09. The van der Waals surface area contributed by atoms with Crippen LogP contribution in [0.1, 0.15) is 44.4 Å². The van der Waals surface area contributed by atoms with E-state index in [2.05, 4.69) is 243 Å². The van der Waals surface area contributed by atoms with Crippen molar-refractivity contribution in [1.82, 2.24) is 54.8 Å². The van der Waals surface area contributed by atoms with E-state index in [4.69, 9.17) is 34.1 Å². The molecule has 15 heterocycles. The molecule has 4 radical (unpaired) electrons. The Bertz CT molecular complexity index is 8230. The van der Waals surface area contributed by atoms with Crippen LogP contribution in [0.4, 0.5) is 0 Å². The molecule has 24 aromatic rings. The molecular weight excluding hydrogens is 2610 g/mol. The molecule has 15 nitrogen and oxygen atoms in total. The van der Waals surface area contributed by atoms with Gasteiger partial charge in [-0.1, -0.05) is 250 Å². The second-order valence-electron chi connectivity index (χ2n) is 38.4. The van der Waals surface area contributed by atoms with E-state index in [1.54, 1.807) is 85.2 Å². The second-order valence-corrected chi connectivity index (χ2v) is 58.7. The summed E-state index contributed by atoms with van der Waals surface area (Å²) < 4.78 is 111. The average molecular weight is 2740 g/mol. The largest absolute Gasteiger partial charge is 0.501 e. The van der Waals surface area contributed by atoms with Crippen LogP contribution in [0.2, 0.25) is 78.6 Å². The zero-order valence-electron chi connectivity index (χ0n) is 96.0. The molecule has 149 heavy (non-hydrogen) atoms. The van der Waals surface area contributed by atoms with E-state index in [1.807, 2.05) is 202 Å². The maximum Gasteiger partial charge on any atom is 0.216 e. The minimum absolute atomic E-state index is 0. The van der Waals surface area contributed by atoms with Gasteiger partial charge in [0.15, 0.2) is 0 Å². The molecule has 15 aromatic heterocycles. The van der Waals surface area contributed by atoms with Crippen molar-refractivity contribution in [3.05, 3.63) is 442 Å².